The molecule has 0 saturated heterocycles. The Morgan fingerprint density at radius 1 is 0.750 bits per heavy atom. The van der Waals surface area contributed by atoms with Crippen molar-refractivity contribution in [1.82, 2.24) is 0 Å². The van der Waals surface area contributed by atoms with E-state index in [1.165, 1.54) is 64.2 Å². The van der Waals surface area contributed by atoms with Crippen molar-refractivity contribution in [3.8, 4) is 0 Å². The van der Waals surface area contributed by atoms with Crippen molar-refractivity contribution in [2.24, 2.45) is 0 Å². The van der Waals surface area contributed by atoms with E-state index in [1.54, 1.807) is 0 Å². The molecule has 8 heteroatoms. The van der Waals surface area contributed by atoms with E-state index in [1.807, 2.05) is 0 Å². The van der Waals surface area contributed by atoms with E-state index in [0.29, 0.717) is 6.61 Å². The van der Waals surface area contributed by atoms with Crippen LogP contribution in [-0.4, -0.2) is 26.4 Å². The van der Waals surface area contributed by atoms with Gasteiger partial charge in [0.15, 0.2) is 0 Å². The van der Waals surface area contributed by atoms with Crippen molar-refractivity contribution in [3.63, 3.8) is 0 Å². The molecule has 0 unspecified atom stereocenters. The van der Waals surface area contributed by atoms with E-state index in [2.05, 4.69) is 20.8 Å². The second-order valence-electron chi connectivity index (χ2n) is 5.27. The Morgan fingerprint density at radius 3 is 1.33 bits per heavy atom. The summed E-state index contributed by atoms with van der Waals surface area (Å²) in [5.41, 5.74) is 0. The molecule has 0 radical (unpaired) electrons. The van der Waals surface area contributed by atoms with Crippen LogP contribution in [0.4, 0.5) is 0 Å². The summed E-state index contributed by atoms with van der Waals surface area (Å²) in [6.07, 6.45) is 15.5. The molecule has 0 atom stereocenters. The van der Waals surface area contributed by atoms with E-state index in [9.17, 15) is 0 Å². The van der Waals surface area contributed by atoms with Crippen LogP contribution in [0, 0.1) is 6.92 Å². The van der Waals surface area contributed by atoms with Gasteiger partial charge in [0.2, 0.25) is 0 Å². The number of hydrogen-bond donors (Lipinski definition) is 4. The molecule has 0 heterocycles. The first-order valence-electron chi connectivity index (χ1n) is 8.72. The fourth-order valence-electron chi connectivity index (χ4n) is 1.67. The molecule has 0 amide bonds. The molecular weight excluding hydrogens is 367 g/mol. The van der Waals surface area contributed by atoms with Gasteiger partial charge in [-0.05, 0) is 6.42 Å². The summed E-state index contributed by atoms with van der Waals surface area (Å²) in [6, 6.07) is 0. The third-order valence-electron chi connectivity index (χ3n) is 2.87. The van der Waals surface area contributed by atoms with Gasteiger partial charge in [0.1, 0.15) is 0 Å². The van der Waals surface area contributed by atoms with Gasteiger partial charge in [-0.3, -0.25) is 0 Å². The average molecular weight is 405 g/mol. The predicted octanol–water partition coefficient (Wildman–Crippen LogP) is 4.47. The molecule has 0 aliphatic rings. The van der Waals surface area contributed by atoms with E-state index < -0.39 is 7.82 Å². The minimum atomic E-state index is -4.64. The summed E-state index contributed by atoms with van der Waals surface area (Å²) in [5, 5.41) is 8.42. The van der Waals surface area contributed by atoms with E-state index in [4.69, 9.17) is 27.7 Å². The van der Waals surface area contributed by atoms with Gasteiger partial charge >= 0.3 is 31.6 Å². The van der Waals surface area contributed by atoms with E-state index in [0.717, 1.165) is 33.2 Å². The van der Waals surface area contributed by atoms with Crippen molar-refractivity contribution < 1.29 is 48.1 Å². The fourth-order valence-corrected chi connectivity index (χ4v) is 1.67. The van der Waals surface area contributed by atoms with Crippen LogP contribution in [0.3, 0.4) is 0 Å². The number of phosphoric acid groups is 1. The third-order valence-corrected chi connectivity index (χ3v) is 2.87. The molecule has 0 aliphatic carbocycles. The van der Waals surface area contributed by atoms with Gasteiger partial charge in [-0.25, -0.2) is 4.57 Å². The maximum absolute atomic E-state index is 8.88. The van der Waals surface area contributed by atoms with Crippen molar-refractivity contribution in [2.45, 2.75) is 90.9 Å². The Kier molecular flexibility index (Phi) is 42.2. The van der Waals surface area contributed by atoms with Gasteiger partial charge in [0.05, 0.1) is 0 Å². The zero-order valence-electron chi connectivity index (χ0n) is 15.5. The number of aliphatic hydroxyl groups is 1. The van der Waals surface area contributed by atoms with Crippen molar-refractivity contribution in [3.05, 3.63) is 6.92 Å². The Balaban J connectivity index is -0.000000123. The van der Waals surface area contributed by atoms with Crippen LogP contribution in [0.2, 0.25) is 0 Å². The monoisotopic (exact) mass is 405 g/mol. The van der Waals surface area contributed by atoms with Crippen LogP contribution >= 0.6 is 7.82 Å². The molecule has 24 heavy (non-hydrogen) atoms. The topological polar surface area (TPSA) is 115 Å². The normalized spacial score (nSPS) is 9.71. The summed E-state index contributed by atoms with van der Waals surface area (Å²) < 4.78 is 17.1. The molecular formula is C16H38O6PTi. The van der Waals surface area contributed by atoms with Crippen molar-refractivity contribution >= 4 is 7.82 Å². The Morgan fingerprint density at radius 2 is 1.04 bits per heavy atom. The second-order valence-corrected chi connectivity index (χ2v) is 6.30. The summed E-state index contributed by atoms with van der Waals surface area (Å²) in [5.74, 6) is 0. The van der Waals surface area contributed by atoms with Gasteiger partial charge in [0, 0.05) is 6.61 Å². The Bertz CT molecular complexity index is 218. The van der Waals surface area contributed by atoms with Crippen LogP contribution in [0.1, 0.15) is 90.9 Å². The molecule has 0 aromatic heterocycles. The maximum atomic E-state index is 8.88. The fraction of sp³-hybridized carbons (Fsp3) is 0.938. The molecule has 0 fully saturated rings. The number of aliphatic hydroxyl groups excluding tert-OH is 1. The molecule has 0 spiro atoms. The molecule has 0 aromatic carbocycles. The zero-order chi connectivity index (χ0) is 19.7. The summed E-state index contributed by atoms with van der Waals surface area (Å²) in [6.45, 7) is 8.61. The summed E-state index contributed by atoms with van der Waals surface area (Å²) >= 11 is 0.750. The average Bonchev–Trinajstić information content (AvgIpc) is 2.53. The second kappa shape index (κ2) is 31.4. The van der Waals surface area contributed by atoms with Crippen LogP contribution in [-0.2, 0) is 28.3 Å². The van der Waals surface area contributed by atoms with Gasteiger partial charge in [-0.1, -0.05) is 78.1 Å². The van der Waals surface area contributed by atoms with Crippen LogP contribution in [0.25, 0.3) is 0 Å². The molecule has 4 N–H and O–H groups in total. The molecule has 0 bridgehead atoms. The minimum absolute atomic E-state index is 0.367. The van der Waals surface area contributed by atoms with Gasteiger partial charge in [-0.15, -0.1) is 0 Å². The van der Waals surface area contributed by atoms with Gasteiger partial charge in [0.25, 0.3) is 0 Å². The molecule has 0 aromatic rings. The van der Waals surface area contributed by atoms with E-state index >= 15 is 0 Å². The van der Waals surface area contributed by atoms with Gasteiger partial charge in [-0.2, -0.15) is 6.42 Å². The van der Waals surface area contributed by atoms with Crippen LogP contribution < -0.4 is 0 Å². The van der Waals surface area contributed by atoms with Crippen molar-refractivity contribution in [2.75, 3.05) is 6.61 Å². The van der Waals surface area contributed by atoms with Gasteiger partial charge < -0.3 is 26.7 Å². The van der Waals surface area contributed by atoms with Crippen LogP contribution in [0.15, 0.2) is 0 Å². The standard InChI is InChI=1S/C8H18O.C8H17.H3O4P.O.Ti/c1-2-3-4-5-6-7-8-9;1-3-5-7-8-6-4-2;1-5(2,3)4;;/h9H,2-8H2,1H3;1,3-8H2,2H3;(H3,1,2,3,4);;/q;-1;;;+1. The molecule has 0 rings (SSSR count). The first-order valence-corrected chi connectivity index (χ1v) is 10.9. The first kappa shape index (κ1) is 32.3. The van der Waals surface area contributed by atoms with E-state index in [-0.39, 0.29) is 0 Å². The third kappa shape index (κ3) is 78.4. The number of hydrogen-bond acceptors (Lipinski definition) is 3. The SMILES string of the molecule is CCCCCCCCO.O=P(O)(O)O.[CH2-]CCCCCCC.[O]=[Ti+]. The Hall–Kier alpha value is 0.584. The first-order chi connectivity index (χ1) is 11.3. The van der Waals surface area contributed by atoms with Crippen molar-refractivity contribution in [1.29, 1.82) is 0 Å². The molecule has 0 aliphatic heterocycles. The Labute approximate surface area is 160 Å². The quantitative estimate of drug-likeness (QED) is 0.175. The predicted molar refractivity (Wildman–Crippen MR) is 94.1 cm³/mol. The number of rotatable bonds is 11. The van der Waals surface area contributed by atoms with Crippen LogP contribution in [0.5, 0.6) is 0 Å². The summed E-state index contributed by atoms with van der Waals surface area (Å²) in [7, 11) is -4.64. The molecule has 0 saturated carbocycles. The summed E-state index contributed by atoms with van der Waals surface area (Å²) in [4.78, 5) is 21.6. The molecule has 147 valence electrons. The number of unbranched alkanes of at least 4 members (excludes halogenated alkanes) is 10. The molecule has 6 nitrogen and oxygen atoms in total. The zero-order valence-corrected chi connectivity index (χ0v) is 17.9.